The summed E-state index contributed by atoms with van der Waals surface area (Å²) < 4.78 is 39.4. The Labute approximate surface area is 136 Å². The molecule has 0 amide bonds. The predicted molar refractivity (Wildman–Crippen MR) is 84.7 cm³/mol. The molecular weight excluding hydrogens is 363 g/mol. The third-order valence-electron chi connectivity index (χ3n) is 4.37. The van der Waals surface area contributed by atoms with Crippen LogP contribution in [0.2, 0.25) is 0 Å². The minimum atomic E-state index is -4.02. The SMILES string of the molecule is CCNC(Cc1sccc1Br)C1CCC(C(F)(F)F)CC1. The van der Waals surface area contributed by atoms with Gasteiger partial charge in [-0.1, -0.05) is 6.92 Å². The highest BCUT2D eigenvalue weighted by molar-refractivity contribution is 9.10. The van der Waals surface area contributed by atoms with Gasteiger partial charge < -0.3 is 5.32 Å². The van der Waals surface area contributed by atoms with Gasteiger partial charge in [0.15, 0.2) is 0 Å². The van der Waals surface area contributed by atoms with E-state index in [9.17, 15) is 13.2 Å². The van der Waals surface area contributed by atoms with Crippen molar-refractivity contribution in [3.05, 3.63) is 20.8 Å². The standard InChI is InChI=1S/C15H21BrF3NS/c1-2-20-13(9-14-12(16)7-8-21-14)10-3-5-11(6-4-10)15(17,18)19/h7-8,10-11,13,20H,2-6,9H2,1H3. The molecule has 120 valence electrons. The molecule has 0 spiro atoms. The van der Waals surface area contributed by atoms with Crippen LogP contribution < -0.4 is 5.32 Å². The number of likely N-dealkylation sites (N-methyl/N-ethyl adjacent to an activating group) is 1. The number of nitrogens with one attached hydrogen (secondary N) is 1. The number of thiophene rings is 1. The van der Waals surface area contributed by atoms with Gasteiger partial charge in [0.05, 0.1) is 5.92 Å². The van der Waals surface area contributed by atoms with Crippen molar-refractivity contribution < 1.29 is 13.2 Å². The van der Waals surface area contributed by atoms with Crippen molar-refractivity contribution in [2.24, 2.45) is 11.8 Å². The third kappa shape index (κ3) is 4.70. The zero-order valence-corrected chi connectivity index (χ0v) is 14.5. The van der Waals surface area contributed by atoms with Crippen LogP contribution in [0.15, 0.2) is 15.9 Å². The number of hydrogen-bond donors (Lipinski definition) is 1. The summed E-state index contributed by atoms with van der Waals surface area (Å²) in [7, 11) is 0. The average Bonchev–Trinajstić information content (AvgIpc) is 2.83. The smallest absolute Gasteiger partial charge is 0.314 e. The van der Waals surface area contributed by atoms with E-state index in [0.717, 1.165) is 17.4 Å². The van der Waals surface area contributed by atoms with E-state index in [1.54, 1.807) is 11.3 Å². The highest BCUT2D eigenvalue weighted by Gasteiger charge is 2.42. The van der Waals surface area contributed by atoms with E-state index in [1.807, 2.05) is 11.4 Å². The van der Waals surface area contributed by atoms with E-state index >= 15 is 0 Å². The molecule has 2 rings (SSSR count). The van der Waals surface area contributed by atoms with Gasteiger partial charge in [0.1, 0.15) is 0 Å². The van der Waals surface area contributed by atoms with Crippen molar-refractivity contribution in [2.45, 2.75) is 51.2 Å². The van der Waals surface area contributed by atoms with Gasteiger partial charge in [-0.15, -0.1) is 11.3 Å². The lowest BCUT2D eigenvalue weighted by molar-refractivity contribution is -0.184. The Morgan fingerprint density at radius 1 is 1.33 bits per heavy atom. The maximum atomic E-state index is 12.8. The summed E-state index contributed by atoms with van der Waals surface area (Å²) >= 11 is 5.25. The molecule has 1 aromatic rings. The van der Waals surface area contributed by atoms with E-state index < -0.39 is 12.1 Å². The van der Waals surface area contributed by atoms with Crippen molar-refractivity contribution in [1.29, 1.82) is 0 Å². The minimum Gasteiger partial charge on any atom is -0.314 e. The molecule has 21 heavy (non-hydrogen) atoms. The second-order valence-electron chi connectivity index (χ2n) is 5.71. The van der Waals surface area contributed by atoms with Gasteiger partial charge in [-0.05, 0) is 71.9 Å². The van der Waals surface area contributed by atoms with Crippen molar-refractivity contribution >= 4 is 27.3 Å². The summed E-state index contributed by atoms with van der Waals surface area (Å²) in [5.74, 6) is -0.748. The first kappa shape index (κ1) is 17.3. The third-order valence-corrected chi connectivity index (χ3v) is 6.32. The molecule has 0 radical (unpaired) electrons. The monoisotopic (exact) mass is 383 g/mol. The van der Waals surface area contributed by atoms with Crippen molar-refractivity contribution in [1.82, 2.24) is 5.32 Å². The molecule has 1 unspecified atom stereocenters. The molecule has 1 fully saturated rings. The molecule has 1 atom stereocenters. The van der Waals surface area contributed by atoms with Crippen molar-refractivity contribution in [3.8, 4) is 0 Å². The van der Waals surface area contributed by atoms with E-state index in [-0.39, 0.29) is 18.9 Å². The first-order chi connectivity index (χ1) is 9.91. The van der Waals surface area contributed by atoms with E-state index in [0.29, 0.717) is 18.8 Å². The highest BCUT2D eigenvalue weighted by atomic mass is 79.9. The zero-order chi connectivity index (χ0) is 15.5. The lowest BCUT2D eigenvalue weighted by Gasteiger charge is -2.35. The first-order valence-corrected chi connectivity index (χ1v) is 9.11. The number of alkyl halides is 3. The van der Waals surface area contributed by atoms with Crippen LogP contribution in [0, 0.1) is 11.8 Å². The molecule has 1 aliphatic carbocycles. The fourth-order valence-electron chi connectivity index (χ4n) is 3.19. The fourth-order valence-corrected chi connectivity index (χ4v) is 4.76. The second-order valence-corrected chi connectivity index (χ2v) is 7.57. The molecule has 1 aliphatic rings. The minimum absolute atomic E-state index is 0.277. The van der Waals surface area contributed by atoms with Gasteiger partial charge in [-0.2, -0.15) is 13.2 Å². The molecule has 1 saturated carbocycles. The molecule has 6 heteroatoms. The van der Waals surface area contributed by atoms with Crippen LogP contribution in [0.1, 0.15) is 37.5 Å². The first-order valence-electron chi connectivity index (χ1n) is 7.43. The van der Waals surface area contributed by atoms with Crippen molar-refractivity contribution in [2.75, 3.05) is 6.54 Å². The summed E-state index contributed by atoms with van der Waals surface area (Å²) in [6, 6.07) is 2.31. The Morgan fingerprint density at radius 3 is 2.48 bits per heavy atom. The molecule has 1 N–H and O–H groups in total. The summed E-state index contributed by atoms with van der Waals surface area (Å²) in [6.45, 7) is 2.91. The number of rotatable bonds is 5. The van der Waals surface area contributed by atoms with E-state index in [4.69, 9.17) is 0 Å². The molecular formula is C15H21BrF3NS. The normalized spacial score (nSPS) is 25.0. The van der Waals surface area contributed by atoms with Crippen LogP contribution >= 0.6 is 27.3 Å². The van der Waals surface area contributed by atoms with Gasteiger partial charge in [0.25, 0.3) is 0 Å². The number of hydrogen-bond acceptors (Lipinski definition) is 2. The maximum absolute atomic E-state index is 12.8. The van der Waals surface area contributed by atoms with Crippen LogP contribution in [0.4, 0.5) is 13.2 Å². The van der Waals surface area contributed by atoms with Gasteiger partial charge in [0, 0.05) is 15.4 Å². The Kier molecular flexibility index (Phi) is 6.15. The molecule has 1 aromatic heterocycles. The second kappa shape index (κ2) is 7.47. The molecule has 0 aromatic carbocycles. The lowest BCUT2D eigenvalue weighted by atomic mass is 9.77. The Morgan fingerprint density at radius 2 is 2.00 bits per heavy atom. The Balaban J connectivity index is 1.95. The van der Waals surface area contributed by atoms with Gasteiger partial charge in [0.2, 0.25) is 0 Å². The van der Waals surface area contributed by atoms with Crippen LogP contribution in [-0.4, -0.2) is 18.8 Å². The molecule has 0 saturated heterocycles. The maximum Gasteiger partial charge on any atom is 0.391 e. The zero-order valence-electron chi connectivity index (χ0n) is 12.0. The fraction of sp³-hybridized carbons (Fsp3) is 0.733. The summed E-state index contributed by atoms with van der Waals surface area (Å²) in [5, 5.41) is 5.52. The number of halogens is 4. The van der Waals surface area contributed by atoms with Gasteiger partial charge in [-0.25, -0.2) is 0 Å². The van der Waals surface area contributed by atoms with Crippen LogP contribution in [0.3, 0.4) is 0 Å². The van der Waals surface area contributed by atoms with Crippen LogP contribution in [-0.2, 0) is 6.42 Å². The van der Waals surface area contributed by atoms with Gasteiger partial charge >= 0.3 is 6.18 Å². The summed E-state index contributed by atoms with van der Waals surface area (Å²) in [4.78, 5) is 1.28. The van der Waals surface area contributed by atoms with Gasteiger partial charge in [-0.3, -0.25) is 0 Å². The Hall–Kier alpha value is -0.0700. The van der Waals surface area contributed by atoms with Crippen LogP contribution in [0.5, 0.6) is 0 Å². The summed E-state index contributed by atoms with van der Waals surface area (Å²) in [6.07, 6.45) is -1.22. The predicted octanol–water partition coefficient (Wildman–Crippen LogP) is 5.40. The lowest BCUT2D eigenvalue weighted by Crippen LogP contribution is -2.41. The largest absolute Gasteiger partial charge is 0.391 e. The molecule has 1 nitrogen and oxygen atoms in total. The Bertz CT molecular complexity index is 438. The van der Waals surface area contributed by atoms with Crippen molar-refractivity contribution in [3.63, 3.8) is 0 Å². The van der Waals surface area contributed by atoms with E-state index in [1.165, 1.54) is 4.88 Å². The topological polar surface area (TPSA) is 12.0 Å². The summed E-state index contributed by atoms with van der Waals surface area (Å²) in [5.41, 5.74) is 0. The molecule has 1 heterocycles. The quantitative estimate of drug-likeness (QED) is 0.717. The molecule has 0 bridgehead atoms. The average molecular weight is 384 g/mol. The van der Waals surface area contributed by atoms with Crippen LogP contribution in [0.25, 0.3) is 0 Å². The molecule has 0 aliphatic heterocycles. The van der Waals surface area contributed by atoms with E-state index in [2.05, 4.69) is 28.2 Å². The highest BCUT2D eigenvalue weighted by Crippen LogP contribution is 2.41.